The Kier molecular flexibility index (Phi) is 6.28. The van der Waals surface area contributed by atoms with Crippen LogP contribution in [0, 0.1) is 18.3 Å². The zero-order chi connectivity index (χ0) is 13.4. The predicted octanol–water partition coefficient (Wildman–Crippen LogP) is 4.64. The summed E-state index contributed by atoms with van der Waals surface area (Å²) in [7, 11) is 0. The van der Waals surface area contributed by atoms with Gasteiger partial charge in [-0.1, -0.05) is 38.7 Å². The van der Waals surface area contributed by atoms with Gasteiger partial charge in [-0.2, -0.15) is 5.26 Å². The van der Waals surface area contributed by atoms with Crippen LogP contribution in [0.15, 0.2) is 18.2 Å². The summed E-state index contributed by atoms with van der Waals surface area (Å²) < 4.78 is 0. The highest BCUT2D eigenvalue weighted by atomic mass is 14.9. The van der Waals surface area contributed by atoms with Crippen molar-refractivity contribution in [1.29, 1.82) is 5.26 Å². The van der Waals surface area contributed by atoms with Gasteiger partial charge in [0.25, 0.3) is 0 Å². The number of anilines is 1. The van der Waals surface area contributed by atoms with Crippen molar-refractivity contribution in [3.8, 4) is 6.07 Å². The van der Waals surface area contributed by atoms with Crippen LogP contribution in [0.4, 0.5) is 5.69 Å². The molecule has 0 aliphatic rings. The lowest BCUT2D eigenvalue weighted by molar-refractivity contribution is 0.594. The summed E-state index contributed by atoms with van der Waals surface area (Å²) >= 11 is 0. The van der Waals surface area contributed by atoms with E-state index in [1.54, 1.807) is 0 Å². The van der Waals surface area contributed by atoms with Crippen LogP contribution in [-0.2, 0) is 0 Å². The molecule has 2 heteroatoms. The summed E-state index contributed by atoms with van der Waals surface area (Å²) in [5.74, 6) is 0. The van der Waals surface area contributed by atoms with E-state index >= 15 is 0 Å². The largest absolute Gasteiger partial charge is 0.382 e. The van der Waals surface area contributed by atoms with Crippen molar-refractivity contribution in [2.45, 2.75) is 58.9 Å². The summed E-state index contributed by atoms with van der Waals surface area (Å²) in [4.78, 5) is 0. The van der Waals surface area contributed by atoms with Crippen molar-refractivity contribution < 1.29 is 0 Å². The van der Waals surface area contributed by atoms with Gasteiger partial charge in [-0.05, 0) is 38.0 Å². The van der Waals surface area contributed by atoms with Gasteiger partial charge in [0, 0.05) is 11.7 Å². The van der Waals surface area contributed by atoms with Gasteiger partial charge >= 0.3 is 0 Å². The summed E-state index contributed by atoms with van der Waals surface area (Å²) in [6.07, 6.45) is 6.40. The molecule has 0 fully saturated rings. The Bertz CT molecular complexity index is 404. The Balaban J connectivity index is 2.48. The Morgan fingerprint density at radius 2 is 2.06 bits per heavy atom. The average molecular weight is 244 g/mol. The number of unbranched alkanes of at least 4 members (excludes halogenated alkanes) is 3. The molecule has 0 aliphatic heterocycles. The fraction of sp³-hybridized carbons (Fsp3) is 0.562. The molecule has 1 aromatic carbocycles. The average Bonchev–Trinajstić information content (AvgIpc) is 2.37. The van der Waals surface area contributed by atoms with Gasteiger partial charge in [0.05, 0.1) is 11.6 Å². The molecule has 0 heterocycles. The second-order valence-corrected chi connectivity index (χ2v) is 5.04. The second kappa shape index (κ2) is 7.76. The summed E-state index contributed by atoms with van der Waals surface area (Å²) in [6, 6.07) is 8.47. The predicted molar refractivity (Wildman–Crippen MR) is 77.7 cm³/mol. The van der Waals surface area contributed by atoms with Gasteiger partial charge in [-0.25, -0.2) is 0 Å². The molecule has 0 aromatic heterocycles. The molecule has 1 atom stereocenters. The quantitative estimate of drug-likeness (QED) is 0.709. The van der Waals surface area contributed by atoms with E-state index in [1.165, 1.54) is 37.7 Å². The number of benzene rings is 1. The highest BCUT2D eigenvalue weighted by molar-refractivity contribution is 5.55. The molecule has 0 aliphatic carbocycles. The molecule has 1 unspecified atom stereocenters. The van der Waals surface area contributed by atoms with Crippen LogP contribution in [0.2, 0.25) is 0 Å². The van der Waals surface area contributed by atoms with Crippen molar-refractivity contribution in [2.75, 3.05) is 5.32 Å². The van der Waals surface area contributed by atoms with Crippen LogP contribution in [-0.4, -0.2) is 6.04 Å². The minimum Gasteiger partial charge on any atom is -0.382 e. The molecule has 0 bridgehead atoms. The lowest BCUT2D eigenvalue weighted by Gasteiger charge is -2.17. The van der Waals surface area contributed by atoms with E-state index in [1.807, 2.05) is 18.2 Å². The third-order valence-corrected chi connectivity index (χ3v) is 3.26. The first-order valence-corrected chi connectivity index (χ1v) is 6.94. The standard InChI is InChI=1S/C16H24N2/c1-4-5-6-7-8-14(3)18-16-11-15(12-17)10-9-13(16)2/h9-11,14,18H,4-8H2,1-3H3. The zero-order valence-corrected chi connectivity index (χ0v) is 11.8. The van der Waals surface area contributed by atoms with Gasteiger partial charge in [0.1, 0.15) is 0 Å². The fourth-order valence-corrected chi connectivity index (χ4v) is 2.06. The van der Waals surface area contributed by atoms with E-state index in [0.29, 0.717) is 6.04 Å². The van der Waals surface area contributed by atoms with E-state index in [-0.39, 0.29) is 0 Å². The van der Waals surface area contributed by atoms with Gasteiger partial charge < -0.3 is 5.32 Å². The first-order valence-electron chi connectivity index (χ1n) is 6.94. The van der Waals surface area contributed by atoms with Crippen molar-refractivity contribution in [2.24, 2.45) is 0 Å². The molecule has 0 amide bonds. The van der Waals surface area contributed by atoms with Crippen molar-refractivity contribution in [3.63, 3.8) is 0 Å². The molecular formula is C16H24N2. The molecule has 1 rings (SSSR count). The zero-order valence-electron chi connectivity index (χ0n) is 11.8. The molecule has 0 radical (unpaired) electrons. The van der Waals surface area contributed by atoms with Crippen LogP contribution >= 0.6 is 0 Å². The molecule has 98 valence electrons. The number of rotatable bonds is 7. The molecule has 1 N–H and O–H groups in total. The minimum atomic E-state index is 0.467. The van der Waals surface area contributed by atoms with Crippen molar-refractivity contribution >= 4 is 5.69 Å². The topological polar surface area (TPSA) is 35.8 Å². The number of hydrogen-bond acceptors (Lipinski definition) is 2. The lowest BCUT2D eigenvalue weighted by Crippen LogP contribution is -2.15. The van der Waals surface area contributed by atoms with Gasteiger partial charge in [0.2, 0.25) is 0 Å². The Hall–Kier alpha value is -1.49. The third-order valence-electron chi connectivity index (χ3n) is 3.26. The van der Waals surface area contributed by atoms with E-state index in [9.17, 15) is 0 Å². The molecule has 0 saturated heterocycles. The number of hydrogen-bond donors (Lipinski definition) is 1. The monoisotopic (exact) mass is 244 g/mol. The van der Waals surface area contributed by atoms with Crippen LogP contribution in [0.3, 0.4) is 0 Å². The van der Waals surface area contributed by atoms with Crippen LogP contribution in [0.1, 0.15) is 57.1 Å². The fourth-order valence-electron chi connectivity index (χ4n) is 2.06. The third kappa shape index (κ3) is 4.79. The number of nitrogens with zero attached hydrogens (tertiary/aromatic N) is 1. The van der Waals surface area contributed by atoms with E-state index in [0.717, 1.165) is 11.3 Å². The molecule has 2 nitrogen and oxygen atoms in total. The van der Waals surface area contributed by atoms with Crippen LogP contribution < -0.4 is 5.32 Å². The maximum absolute atomic E-state index is 8.91. The van der Waals surface area contributed by atoms with Crippen molar-refractivity contribution in [1.82, 2.24) is 0 Å². The highest BCUT2D eigenvalue weighted by Gasteiger charge is 2.05. The first kappa shape index (κ1) is 14.6. The molecule has 0 spiro atoms. The smallest absolute Gasteiger partial charge is 0.0992 e. The van der Waals surface area contributed by atoms with E-state index in [4.69, 9.17) is 5.26 Å². The SMILES string of the molecule is CCCCCCC(C)Nc1cc(C#N)ccc1C. The summed E-state index contributed by atoms with van der Waals surface area (Å²) in [6.45, 7) is 6.52. The van der Waals surface area contributed by atoms with Gasteiger partial charge in [0.15, 0.2) is 0 Å². The first-order chi connectivity index (χ1) is 8.67. The van der Waals surface area contributed by atoms with Crippen LogP contribution in [0.25, 0.3) is 0 Å². The second-order valence-electron chi connectivity index (χ2n) is 5.04. The summed E-state index contributed by atoms with van der Waals surface area (Å²) in [5, 5.41) is 12.4. The maximum Gasteiger partial charge on any atom is 0.0992 e. The minimum absolute atomic E-state index is 0.467. The lowest BCUT2D eigenvalue weighted by atomic mass is 10.1. The Morgan fingerprint density at radius 1 is 1.28 bits per heavy atom. The van der Waals surface area contributed by atoms with Gasteiger partial charge in [-0.15, -0.1) is 0 Å². The maximum atomic E-state index is 8.91. The molecule has 18 heavy (non-hydrogen) atoms. The normalized spacial score (nSPS) is 11.9. The number of nitriles is 1. The van der Waals surface area contributed by atoms with E-state index < -0.39 is 0 Å². The van der Waals surface area contributed by atoms with Crippen LogP contribution in [0.5, 0.6) is 0 Å². The molecular weight excluding hydrogens is 220 g/mol. The Morgan fingerprint density at radius 3 is 2.72 bits per heavy atom. The number of aryl methyl sites for hydroxylation is 1. The Labute approximate surface area is 111 Å². The summed E-state index contributed by atoms with van der Waals surface area (Å²) in [5.41, 5.74) is 3.02. The molecule has 1 aromatic rings. The number of nitrogens with one attached hydrogen (secondary N) is 1. The molecule has 0 saturated carbocycles. The van der Waals surface area contributed by atoms with Crippen molar-refractivity contribution in [3.05, 3.63) is 29.3 Å². The van der Waals surface area contributed by atoms with Gasteiger partial charge in [-0.3, -0.25) is 0 Å². The highest BCUT2D eigenvalue weighted by Crippen LogP contribution is 2.19. The van der Waals surface area contributed by atoms with E-state index in [2.05, 4.69) is 32.2 Å².